The maximum absolute atomic E-state index is 11.2. The molecule has 0 saturated heterocycles. The van der Waals surface area contributed by atoms with Crippen LogP contribution in [0.15, 0.2) is 36.4 Å². The van der Waals surface area contributed by atoms with E-state index in [-0.39, 0.29) is 0 Å². The Morgan fingerprint density at radius 2 is 1.89 bits per heavy atom. The van der Waals surface area contributed by atoms with Crippen LogP contribution < -0.4 is 5.32 Å². The van der Waals surface area contributed by atoms with Gasteiger partial charge in [-0.2, -0.15) is 0 Å². The Morgan fingerprint density at radius 3 is 2.53 bits per heavy atom. The third-order valence-electron chi connectivity index (χ3n) is 3.96. The van der Waals surface area contributed by atoms with Gasteiger partial charge in [-0.25, -0.2) is 4.79 Å². The Bertz CT molecular complexity index is 644. The highest BCUT2D eigenvalue weighted by Gasteiger charge is 2.36. The number of carboxylic acid groups (broad SMARTS) is 1. The number of aromatic carboxylic acids is 1. The van der Waals surface area contributed by atoms with E-state index in [1.54, 1.807) is 6.07 Å². The number of carboxylic acids is 1. The molecule has 0 atom stereocenters. The van der Waals surface area contributed by atoms with Crippen molar-refractivity contribution >= 4 is 22.4 Å². The van der Waals surface area contributed by atoms with Crippen LogP contribution in [0.1, 0.15) is 30.1 Å². The number of anilines is 1. The van der Waals surface area contributed by atoms with Gasteiger partial charge in [0.25, 0.3) is 0 Å². The number of benzene rings is 2. The molecule has 1 fully saturated rings. The molecular formula is C16H17NO2. The molecule has 0 bridgehead atoms. The van der Waals surface area contributed by atoms with Crippen LogP contribution in [-0.2, 0) is 0 Å². The molecule has 0 unspecified atom stereocenters. The van der Waals surface area contributed by atoms with Gasteiger partial charge in [0.15, 0.2) is 0 Å². The summed E-state index contributed by atoms with van der Waals surface area (Å²) in [6.07, 6.45) is 2.54. The minimum absolute atomic E-state index is 0.360. The van der Waals surface area contributed by atoms with Gasteiger partial charge in [0.05, 0.1) is 5.56 Å². The molecule has 98 valence electrons. The lowest BCUT2D eigenvalue weighted by atomic mass is 10.0. The topological polar surface area (TPSA) is 49.3 Å². The van der Waals surface area contributed by atoms with E-state index in [9.17, 15) is 9.90 Å². The predicted octanol–water partition coefficient (Wildman–Crippen LogP) is 3.75. The highest BCUT2D eigenvalue weighted by molar-refractivity contribution is 6.07. The molecular weight excluding hydrogens is 238 g/mol. The van der Waals surface area contributed by atoms with Crippen LogP contribution >= 0.6 is 0 Å². The molecule has 0 amide bonds. The average Bonchev–Trinajstić information content (AvgIpc) is 3.14. The molecule has 1 aliphatic rings. The number of hydrogen-bond acceptors (Lipinski definition) is 2. The van der Waals surface area contributed by atoms with Gasteiger partial charge >= 0.3 is 5.97 Å². The fourth-order valence-electron chi connectivity index (χ4n) is 2.34. The first-order valence-corrected chi connectivity index (χ1v) is 6.58. The van der Waals surface area contributed by atoms with E-state index in [0.717, 1.165) is 23.0 Å². The minimum Gasteiger partial charge on any atom is -0.478 e. The van der Waals surface area contributed by atoms with Gasteiger partial charge in [0, 0.05) is 17.6 Å². The lowest BCUT2D eigenvalue weighted by Gasteiger charge is -2.14. The van der Waals surface area contributed by atoms with E-state index in [2.05, 4.69) is 12.2 Å². The van der Waals surface area contributed by atoms with Crippen LogP contribution in [0.3, 0.4) is 0 Å². The summed E-state index contributed by atoms with van der Waals surface area (Å²) in [6.45, 7) is 3.22. The molecule has 0 spiro atoms. The lowest BCUT2D eigenvalue weighted by molar-refractivity contribution is 0.0699. The summed E-state index contributed by atoms with van der Waals surface area (Å²) in [4.78, 5) is 11.2. The third kappa shape index (κ3) is 2.28. The highest BCUT2D eigenvalue weighted by atomic mass is 16.4. The maximum atomic E-state index is 11.2. The van der Waals surface area contributed by atoms with Gasteiger partial charge in [0.1, 0.15) is 0 Å². The summed E-state index contributed by atoms with van der Waals surface area (Å²) in [5.41, 5.74) is 1.81. The zero-order valence-corrected chi connectivity index (χ0v) is 10.9. The van der Waals surface area contributed by atoms with Crippen molar-refractivity contribution in [3.05, 3.63) is 42.0 Å². The molecule has 0 radical (unpaired) electrons. The van der Waals surface area contributed by atoms with Crippen molar-refractivity contribution in [2.45, 2.75) is 19.8 Å². The normalized spacial score (nSPS) is 16.3. The molecule has 3 rings (SSSR count). The van der Waals surface area contributed by atoms with Crippen molar-refractivity contribution in [3.63, 3.8) is 0 Å². The zero-order valence-electron chi connectivity index (χ0n) is 10.9. The number of hydrogen-bond donors (Lipinski definition) is 2. The van der Waals surface area contributed by atoms with Crippen molar-refractivity contribution in [1.29, 1.82) is 0 Å². The second-order valence-electron chi connectivity index (χ2n) is 5.68. The molecule has 0 heterocycles. The van der Waals surface area contributed by atoms with Crippen molar-refractivity contribution < 1.29 is 9.90 Å². The Hall–Kier alpha value is -2.03. The molecule has 2 aromatic carbocycles. The third-order valence-corrected chi connectivity index (χ3v) is 3.96. The van der Waals surface area contributed by atoms with Gasteiger partial charge in [-0.15, -0.1) is 0 Å². The summed E-state index contributed by atoms with van der Waals surface area (Å²) >= 11 is 0. The molecule has 2 N–H and O–H groups in total. The summed E-state index contributed by atoms with van der Waals surface area (Å²) in [6, 6.07) is 11.2. The fraction of sp³-hybridized carbons (Fsp3) is 0.312. The Kier molecular flexibility index (Phi) is 2.70. The summed E-state index contributed by atoms with van der Waals surface area (Å²) < 4.78 is 0. The van der Waals surface area contributed by atoms with E-state index in [4.69, 9.17) is 0 Å². The van der Waals surface area contributed by atoms with Crippen LogP contribution in [0.5, 0.6) is 0 Å². The largest absolute Gasteiger partial charge is 0.478 e. The SMILES string of the molecule is CC1(CNc2ccc(C(=O)O)c3ccccc23)CC1. The maximum Gasteiger partial charge on any atom is 0.336 e. The molecule has 3 nitrogen and oxygen atoms in total. The van der Waals surface area contributed by atoms with Gasteiger partial charge in [-0.05, 0) is 35.8 Å². The number of nitrogens with one attached hydrogen (secondary N) is 1. The second kappa shape index (κ2) is 4.26. The van der Waals surface area contributed by atoms with E-state index in [0.29, 0.717) is 11.0 Å². The van der Waals surface area contributed by atoms with E-state index in [1.807, 2.05) is 30.3 Å². The molecule has 1 aliphatic carbocycles. The van der Waals surface area contributed by atoms with Crippen molar-refractivity contribution in [1.82, 2.24) is 0 Å². The minimum atomic E-state index is -0.878. The van der Waals surface area contributed by atoms with Crippen LogP contribution in [0, 0.1) is 5.41 Å². The first kappa shape index (κ1) is 12.0. The van der Waals surface area contributed by atoms with Crippen molar-refractivity contribution in [3.8, 4) is 0 Å². The standard InChI is InChI=1S/C16H17NO2/c1-16(8-9-16)10-17-14-7-6-13(15(18)19)11-4-2-3-5-12(11)14/h2-7,17H,8-10H2,1H3,(H,18,19). The number of rotatable bonds is 4. The van der Waals surface area contributed by atoms with Crippen LogP contribution in [0.25, 0.3) is 10.8 Å². The second-order valence-corrected chi connectivity index (χ2v) is 5.68. The monoisotopic (exact) mass is 255 g/mol. The predicted molar refractivity (Wildman–Crippen MR) is 76.7 cm³/mol. The summed E-state index contributed by atoms with van der Waals surface area (Å²) in [5, 5.41) is 14.5. The quantitative estimate of drug-likeness (QED) is 0.874. The Morgan fingerprint density at radius 1 is 1.21 bits per heavy atom. The zero-order chi connectivity index (χ0) is 13.5. The summed E-state index contributed by atoms with van der Waals surface area (Å²) in [7, 11) is 0. The van der Waals surface area contributed by atoms with Gasteiger partial charge in [-0.3, -0.25) is 0 Å². The molecule has 3 heteroatoms. The smallest absolute Gasteiger partial charge is 0.336 e. The van der Waals surface area contributed by atoms with Crippen LogP contribution in [0.2, 0.25) is 0 Å². The lowest BCUT2D eigenvalue weighted by Crippen LogP contribution is -2.12. The molecule has 2 aromatic rings. The molecule has 0 aromatic heterocycles. The fourth-order valence-corrected chi connectivity index (χ4v) is 2.34. The van der Waals surface area contributed by atoms with E-state index >= 15 is 0 Å². The van der Waals surface area contributed by atoms with Crippen molar-refractivity contribution in [2.75, 3.05) is 11.9 Å². The first-order valence-electron chi connectivity index (χ1n) is 6.58. The summed E-state index contributed by atoms with van der Waals surface area (Å²) in [5.74, 6) is -0.878. The highest BCUT2D eigenvalue weighted by Crippen LogP contribution is 2.45. The van der Waals surface area contributed by atoms with E-state index in [1.165, 1.54) is 12.8 Å². The molecule has 1 saturated carbocycles. The van der Waals surface area contributed by atoms with Gasteiger partial charge in [-0.1, -0.05) is 31.2 Å². The van der Waals surface area contributed by atoms with Gasteiger partial charge < -0.3 is 10.4 Å². The van der Waals surface area contributed by atoms with E-state index < -0.39 is 5.97 Å². The van der Waals surface area contributed by atoms with Crippen LogP contribution in [0.4, 0.5) is 5.69 Å². The average molecular weight is 255 g/mol. The molecule has 19 heavy (non-hydrogen) atoms. The van der Waals surface area contributed by atoms with Gasteiger partial charge in [0.2, 0.25) is 0 Å². The molecule has 0 aliphatic heterocycles. The Balaban J connectivity index is 2.01. The number of fused-ring (bicyclic) bond motifs is 1. The van der Waals surface area contributed by atoms with Crippen LogP contribution in [-0.4, -0.2) is 17.6 Å². The Labute approximate surface area is 112 Å². The number of carbonyl (C=O) groups is 1. The van der Waals surface area contributed by atoms with Crippen molar-refractivity contribution in [2.24, 2.45) is 5.41 Å². The first-order chi connectivity index (χ1) is 9.09.